The zero-order chi connectivity index (χ0) is 20.1. The molecule has 0 saturated heterocycles. The zero-order valence-corrected chi connectivity index (χ0v) is 16.4. The molecule has 0 aliphatic heterocycles. The van der Waals surface area contributed by atoms with E-state index in [0.717, 1.165) is 22.3 Å². The summed E-state index contributed by atoms with van der Waals surface area (Å²) >= 11 is 0. The van der Waals surface area contributed by atoms with Gasteiger partial charge in [-0.25, -0.2) is 4.39 Å². The summed E-state index contributed by atoms with van der Waals surface area (Å²) in [5, 5.41) is 3.98. The fourth-order valence-corrected chi connectivity index (χ4v) is 3.12. The maximum Gasteiger partial charge on any atom is 0.234 e. The molecule has 148 valence electrons. The van der Waals surface area contributed by atoms with Gasteiger partial charge in [0.25, 0.3) is 0 Å². The second-order valence-corrected chi connectivity index (χ2v) is 6.75. The molecular formula is C22H25FN2O3. The Morgan fingerprint density at radius 2 is 2.04 bits per heavy atom. The molecule has 1 unspecified atom stereocenters. The molecule has 0 fully saturated rings. The quantitative estimate of drug-likeness (QED) is 0.630. The topological polar surface area (TPSA) is 54.7 Å². The van der Waals surface area contributed by atoms with Crippen molar-refractivity contribution >= 4 is 16.9 Å². The summed E-state index contributed by atoms with van der Waals surface area (Å²) in [6.45, 7) is 5.22. The smallest absolute Gasteiger partial charge is 0.234 e. The SMILES string of the molecule is CCN(CC(=O)NC(C)c1cc2ccccc2o1)Cc1ccc(OC)c(F)c1. The van der Waals surface area contributed by atoms with Crippen LogP contribution in [-0.2, 0) is 11.3 Å². The molecule has 0 radical (unpaired) electrons. The molecule has 6 heteroatoms. The second kappa shape index (κ2) is 8.89. The Hall–Kier alpha value is -2.86. The summed E-state index contributed by atoms with van der Waals surface area (Å²) in [5.41, 5.74) is 1.59. The summed E-state index contributed by atoms with van der Waals surface area (Å²) in [6, 6.07) is 14.3. The van der Waals surface area contributed by atoms with Crippen molar-refractivity contribution < 1.29 is 18.3 Å². The van der Waals surface area contributed by atoms with Gasteiger partial charge in [-0.2, -0.15) is 0 Å². The predicted octanol–water partition coefficient (Wildman–Crippen LogP) is 4.28. The lowest BCUT2D eigenvalue weighted by Gasteiger charge is -2.21. The van der Waals surface area contributed by atoms with Crippen LogP contribution in [0.1, 0.15) is 31.2 Å². The van der Waals surface area contributed by atoms with Gasteiger partial charge in [-0.05, 0) is 43.3 Å². The van der Waals surface area contributed by atoms with Crippen molar-refractivity contribution in [3.63, 3.8) is 0 Å². The molecule has 28 heavy (non-hydrogen) atoms. The second-order valence-electron chi connectivity index (χ2n) is 6.75. The van der Waals surface area contributed by atoms with Crippen molar-refractivity contribution in [2.45, 2.75) is 26.4 Å². The van der Waals surface area contributed by atoms with Gasteiger partial charge in [0, 0.05) is 11.9 Å². The predicted molar refractivity (Wildman–Crippen MR) is 107 cm³/mol. The Bertz CT molecular complexity index is 921. The molecule has 1 heterocycles. The molecule has 1 atom stereocenters. The first-order valence-corrected chi connectivity index (χ1v) is 9.32. The number of halogens is 1. The van der Waals surface area contributed by atoms with Crippen molar-refractivity contribution in [2.24, 2.45) is 0 Å². The average Bonchev–Trinajstić information content (AvgIpc) is 3.12. The fourth-order valence-electron chi connectivity index (χ4n) is 3.12. The number of furan rings is 1. The molecule has 0 aliphatic rings. The standard InChI is InChI=1S/C22H25FN2O3/c1-4-25(13-16-9-10-20(27-3)18(23)11-16)14-22(26)24-15(2)21-12-17-7-5-6-8-19(17)28-21/h5-12,15H,4,13-14H2,1-3H3,(H,24,26). The van der Waals surface area contributed by atoms with Gasteiger partial charge >= 0.3 is 0 Å². The van der Waals surface area contributed by atoms with Crippen LogP contribution in [0.4, 0.5) is 4.39 Å². The largest absolute Gasteiger partial charge is 0.494 e. The molecule has 0 spiro atoms. The number of hydrogen-bond acceptors (Lipinski definition) is 4. The fraction of sp³-hybridized carbons (Fsp3) is 0.318. The van der Waals surface area contributed by atoms with Crippen LogP contribution >= 0.6 is 0 Å². The minimum atomic E-state index is -0.404. The van der Waals surface area contributed by atoms with Gasteiger partial charge in [-0.3, -0.25) is 9.69 Å². The van der Waals surface area contributed by atoms with Gasteiger partial charge in [-0.1, -0.05) is 31.2 Å². The first kappa shape index (κ1) is 19.9. The lowest BCUT2D eigenvalue weighted by Crippen LogP contribution is -2.37. The van der Waals surface area contributed by atoms with E-state index in [1.165, 1.54) is 13.2 Å². The third kappa shape index (κ3) is 4.70. The summed E-state index contributed by atoms with van der Waals surface area (Å²) in [6.07, 6.45) is 0. The lowest BCUT2D eigenvalue weighted by atomic mass is 10.2. The highest BCUT2D eigenvalue weighted by Gasteiger charge is 2.16. The number of nitrogens with one attached hydrogen (secondary N) is 1. The van der Waals surface area contributed by atoms with Crippen LogP contribution < -0.4 is 10.1 Å². The molecule has 1 aromatic heterocycles. The maximum absolute atomic E-state index is 13.9. The summed E-state index contributed by atoms with van der Waals surface area (Å²) in [4.78, 5) is 14.4. The molecule has 0 aliphatic carbocycles. The van der Waals surface area contributed by atoms with Gasteiger partial charge in [0.2, 0.25) is 5.91 Å². The third-order valence-corrected chi connectivity index (χ3v) is 4.69. The van der Waals surface area contributed by atoms with Gasteiger partial charge in [0.15, 0.2) is 11.6 Å². The number of fused-ring (bicyclic) bond motifs is 1. The first-order chi connectivity index (χ1) is 13.5. The van der Waals surface area contributed by atoms with E-state index in [0.29, 0.717) is 13.1 Å². The van der Waals surface area contributed by atoms with Crippen molar-refractivity contribution in [3.8, 4) is 5.75 Å². The number of para-hydroxylation sites is 1. The average molecular weight is 384 g/mol. The van der Waals surface area contributed by atoms with Crippen LogP contribution in [0.5, 0.6) is 5.75 Å². The van der Waals surface area contributed by atoms with Crippen LogP contribution in [0.2, 0.25) is 0 Å². The van der Waals surface area contributed by atoms with E-state index in [2.05, 4.69) is 5.32 Å². The monoisotopic (exact) mass is 384 g/mol. The van der Waals surface area contributed by atoms with Gasteiger partial charge in [-0.15, -0.1) is 0 Å². The minimum Gasteiger partial charge on any atom is -0.494 e. The molecule has 5 nitrogen and oxygen atoms in total. The highest BCUT2D eigenvalue weighted by atomic mass is 19.1. The Morgan fingerprint density at radius 1 is 1.25 bits per heavy atom. The van der Waals surface area contributed by atoms with E-state index < -0.39 is 5.82 Å². The Morgan fingerprint density at radius 3 is 2.71 bits per heavy atom. The highest BCUT2D eigenvalue weighted by Crippen LogP contribution is 2.23. The van der Waals surface area contributed by atoms with Crippen LogP contribution in [0, 0.1) is 5.82 Å². The number of carbonyl (C=O) groups is 1. The maximum atomic E-state index is 13.9. The van der Waals surface area contributed by atoms with Crippen molar-refractivity contribution in [1.82, 2.24) is 10.2 Å². The number of methoxy groups -OCH3 is 1. The van der Waals surface area contributed by atoms with Crippen LogP contribution in [0.25, 0.3) is 11.0 Å². The molecule has 3 aromatic rings. The van der Waals surface area contributed by atoms with Crippen LogP contribution in [0.15, 0.2) is 52.9 Å². The van der Waals surface area contributed by atoms with Crippen LogP contribution in [0.3, 0.4) is 0 Å². The first-order valence-electron chi connectivity index (χ1n) is 9.32. The van der Waals surface area contributed by atoms with Crippen molar-refractivity contribution in [3.05, 3.63) is 65.7 Å². The summed E-state index contributed by atoms with van der Waals surface area (Å²) in [5.74, 6) is 0.418. The number of amides is 1. The van der Waals surface area contributed by atoms with Crippen molar-refractivity contribution in [2.75, 3.05) is 20.2 Å². The molecule has 0 bridgehead atoms. The number of hydrogen-bond donors (Lipinski definition) is 1. The van der Waals surface area contributed by atoms with E-state index >= 15 is 0 Å². The van der Waals surface area contributed by atoms with Gasteiger partial charge in [0.05, 0.1) is 19.7 Å². The van der Waals surface area contributed by atoms with E-state index in [9.17, 15) is 9.18 Å². The number of likely N-dealkylation sites (N-methyl/N-ethyl adjacent to an activating group) is 1. The molecule has 1 amide bonds. The van der Waals surface area contributed by atoms with E-state index in [-0.39, 0.29) is 24.2 Å². The lowest BCUT2D eigenvalue weighted by molar-refractivity contribution is -0.123. The number of ether oxygens (including phenoxy) is 1. The summed E-state index contributed by atoms with van der Waals surface area (Å²) < 4.78 is 24.6. The molecule has 3 rings (SSSR count). The number of nitrogens with zero attached hydrogens (tertiary/aromatic N) is 1. The van der Waals surface area contributed by atoms with E-state index in [4.69, 9.17) is 9.15 Å². The molecular weight excluding hydrogens is 359 g/mol. The zero-order valence-electron chi connectivity index (χ0n) is 16.4. The van der Waals surface area contributed by atoms with Gasteiger partial charge in [0.1, 0.15) is 11.3 Å². The Kier molecular flexibility index (Phi) is 6.31. The number of carbonyl (C=O) groups excluding carboxylic acids is 1. The molecule has 0 saturated carbocycles. The minimum absolute atomic E-state index is 0.108. The molecule has 2 aromatic carbocycles. The Balaban J connectivity index is 1.59. The number of rotatable bonds is 8. The summed E-state index contributed by atoms with van der Waals surface area (Å²) in [7, 11) is 1.43. The number of benzene rings is 2. The molecule has 1 N–H and O–H groups in total. The van der Waals surface area contributed by atoms with E-state index in [1.54, 1.807) is 12.1 Å². The normalized spacial score (nSPS) is 12.3. The van der Waals surface area contributed by atoms with Crippen molar-refractivity contribution in [1.29, 1.82) is 0 Å². The highest BCUT2D eigenvalue weighted by molar-refractivity contribution is 5.80. The van der Waals surface area contributed by atoms with E-state index in [1.807, 2.05) is 49.1 Å². The van der Waals surface area contributed by atoms with Crippen LogP contribution in [-0.4, -0.2) is 31.0 Å². The third-order valence-electron chi connectivity index (χ3n) is 4.69. The van der Waals surface area contributed by atoms with Gasteiger partial charge < -0.3 is 14.5 Å². The Labute approximate surface area is 164 Å².